The molecular formula is C24H28N6O7S. The molecule has 0 spiro atoms. The summed E-state index contributed by atoms with van der Waals surface area (Å²) in [6.07, 6.45) is 2.79. The Balaban J connectivity index is 1.41. The van der Waals surface area contributed by atoms with Crippen LogP contribution in [0.4, 0.5) is 0 Å². The van der Waals surface area contributed by atoms with Crippen LogP contribution in [0.5, 0.6) is 5.75 Å². The molecule has 4 N–H and O–H groups in total. The average Bonchev–Trinajstić information content (AvgIpc) is 3.16. The third-order valence-corrected chi connectivity index (χ3v) is 8.18. The van der Waals surface area contributed by atoms with Crippen LogP contribution < -0.4 is 10.5 Å². The van der Waals surface area contributed by atoms with E-state index in [0.29, 0.717) is 22.7 Å². The van der Waals surface area contributed by atoms with Gasteiger partial charge in [-0.05, 0) is 30.7 Å². The van der Waals surface area contributed by atoms with Crippen LogP contribution in [0.3, 0.4) is 0 Å². The number of carbonyl (C=O) groups excluding carboxylic acids is 2. The minimum atomic E-state index is -3.17. The molecule has 0 unspecified atom stereocenters. The van der Waals surface area contributed by atoms with Crippen molar-refractivity contribution >= 4 is 33.5 Å². The highest BCUT2D eigenvalue weighted by Gasteiger charge is 2.42. The summed E-state index contributed by atoms with van der Waals surface area (Å²) in [5, 5.41) is 16.6. The molecule has 3 heterocycles. The highest BCUT2D eigenvalue weighted by molar-refractivity contribution is 7.91. The number of amides is 2. The maximum absolute atomic E-state index is 13.0. The van der Waals surface area contributed by atoms with Gasteiger partial charge in [0.15, 0.2) is 15.7 Å². The smallest absolute Gasteiger partial charge is 0.304 e. The van der Waals surface area contributed by atoms with Crippen molar-refractivity contribution in [3.05, 3.63) is 42.2 Å². The Labute approximate surface area is 219 Å². The summed E-state index contributed by atoms with van der Waals surface area (Å²) in [6.45, 7) is -0.0881. The number of rotatable bonds is 9. The van der Waals surface area contributed by atoms with E-state index in [2.05, 4.69) is 9.97 Å². The molecule has 0 saturated carbocycles. The fourth-order valence-corrected chi connectivity index (χ4v) is 5.64. The third kappa shape index (κ3) is 6.43. The number of amidine groups is 1. The van der Waals surface area contributed by atoms with E-state index in [1.54, 1.807) is 24.3 Å². The van der Waals surface area contributed by atoms with E-state index >= 15 is 0 Å². The zero-order valence-electron chi connectivity index (χ0n) is 20.4. The van der Waals surface area contributed by atoms with Gasteiger partial charge in [0.1, 0.15) is 24.7 Å². The standard InChI is InChI=1S/C24H28N6O7S/c25-22(26)17-11-27-23(28-12-17)15-1-3-19(4-2-15)37-14-18-9-16(10-21(32)33)24(34)30(18)13-20(31)29-5-7-38(35,36)8-6-29/h1-4,11-12,16,18H,5-10,13-14H2,(H3,25,26)(H,32,33)/t16-,18-/m0/s1. The molecule has 2 atom stereocenters. The van der Waals surface area contributed by atoms with Gasteiger partial charge in [0.2, 0.25) is 11.8 Å². The number of nitrogens with two attached hydrogens (primary N) is 1. The first-order chi connectivity index (χ1) is 18.0. The van der Waals surface area contributed by atoms with E-state index in [4.69, 9.17) is 15.9 Å². The van der Waals surface area contributed by atoms with Crippen LogP contribution in [0.15, 0.2) is 36.7 Å². The Morgan fingerprint density at radius 3 is 2.34 bits per heavy atom. The lowest BCUT2D eigenvalue weighted by Gasteiger charge is -2.30. The Bertz CT molecular complexity index is 1320. The lowest BCUT2D eigenvalue weighted by Crippen LogP contribution is -2.50. The molecule has 4 rings (SSSR count). The first-order valence-corrected chi connectivity index (χ1v) is 13.7. The molecule has 2 saturated heterocycles. The van der Waals surface area contributed by atoms with E-state index < -0.39 is 33.7 Å². The molecule has 13 nitrogen and oxygen atoms in total. The lowest BCUT2D eigenvalue weighted by atomic mass is 10.0. The average molecular weight is 545 g/mol. The van der Waals surface area contributed by atoms with Gasteiger partial charge in [0, 0.05) is 31.0 Å². The highest BCUT2D eigenvalue weighted by Crippen LogP contribution is 2.29. The van der Waals surface area contributed by atoms with Gasteiger partial charge in [-0.15, -0.1) is 0 Å². The Kier molecular flexibility index (Phi) is 7.90. The number of likely N-dealkylation sites (tertiary alicyclic amines) is 1. The summed E-state index contributed by atoms with van der Waals surface area (Å²) in [5.41, 5.74) is 6.54. The van der Waals surface area contributed by atoms with Crippen LogP contribution in [0.25, 0.3) is 11.4 Å². The molecule has 2 fully saturated rings. The molecule has 0 aliphatic carbocycles. The second kappa shape index (κ2) is 11.1. The number of aromatic nitrogens is 2. The van der Waals surface area contributed by atoms with Crippen LogP contribution in [-0.2, 0) is 24.2 Å². The fourth-order valence-electron chi connectivity index (χ4n) is 4.43. The second-order valence-corrected chi connectivity index (χ2v) is 11.5. The van der Waals surface area contributed by atoms with Crippen molar-refractivity contribution in [1.82, 2.24) is 19.8 Å². The second-order valence-electron chi connectivity index (χ2n) is 9.23. The molecule has 38 heavy (non-hydrogen) atoms. The number of carboxylic acid groups (broad SMARTS) is 1. The van der Waals surface area contributed by atoms with Crippen LogP contribution in [0, 0.1) is 11.3 Å². The predicted molar refractivity (Wildman–Crippen MR) is 135 cm³/mol. The van der Waals surface area contributed by atoms with Crippen molar-refractivity contribution in [1.29, 1.82) is 5.41 Å². The summed E-state index contributed by atoms with van der Waals surface area (Å²) in [7, 11) is -3.17. The number of benzene rings is 1. The quantitative estimate of drug-likeness (QED) is 0.280. The molecule has 2 aromatic rings. The van der Waals surface area contributed by atoms with Crippen molar-refractivity contribution in [2.75, 3.05) is 37.7 Å². The number of hydrogen-bond acceptors (Lipinski definition) is 9. The van der Waals surface area contributed by atoms with Crippen molar-refractivity contribution in [3.8, 4) is 17.1 Å². The zero-order valence-corrected chi connectivity index (χ0v) is 21.3. The summed E-state index contributed by atoms with van der Waals surface area (Å²) >= 11 is 0. The van der Waals surface area contributed by atoms with Gasteiger partial charge >= 0.3 is 5.97 Å². The van der Waals surface area contributed by atoms with Gasteiger partial charge in [-0.1, -0.05) is 0 Å². The van der Waals surface area contributed by atoms with Gasteiger partial charge < -0.3 is 25.4 Å². The Morgan fingerprint density at radius 2 is 1.76 bits per heavy atom. The molecular weight excluding hydrogens is 516 g/mol. The number of carbonyl (C=O) groups is 3. The molecule has 2 amide bonds. The van der Waals surface area contributed by atoms with Gasteiger partial charge in [-0.2, -0.15) is 0 Å². The SMILES string of the molecule is N=C(N)c1cnc(-c2ccc(OC[C@@H]3C[C@@H](CC(=O)O)C(=O)N3CC(=O)N3CCS(=O)(=O)CC3)cc2)nc1. The summed E-state index contributed by atoms with van der Waals surface area (Å²) < 4.78 is 29.2. The summed E-state index contributed by atoms with van der Waals surface area (Å²) in [5.74, 6) is -2.12. The predicted octanol–water partition coefficient (Wildman–Crippen LogP) is -0.245. The topological polar surface area (TPSA) is 197 Å². The van der Waals surface area contributed by atoms with Crippen molar-refractivity contribution in [3.63, 3.8) is 0 Å². The summed E-state index contributed by atoms with van der Waals surface area (Å²) in [4.78, 5) is 48.2. The van der Waals surface area contributed by atoms with Crippen molar-refractivity contribution in [2.24, 2.45) is 11.7 Å². The van der Waals surface area contributed by atoms with Gasteiger partial charge in [-0.3, -0.25) is 19.8 Å². The molecule has 202 valence electrons. The number of carboxylic acids is 1. The molecule has 0 bridgehead atoms. The number of aliphatic carboxylic acids is 1. The van der Waals surface area contributed by atoms with Crippen molar-refractivity contribution < 1.29 is 32.6 Å². The number of sulfone groups is 1. The maximum Gasteiger partial charge on any atom is 0.304 e. The molecule has 2 aliphatic heterocycles. The van der Waals surface area contributed by atoms with E-state index in [0.717, 1.165) is 0 Å². The Hall–Kier alpha value is -4.07. The van der Waals surface area contributed by atoms with Crippen molar-refractivity contribution in [2.45, 2.75) is 18.9 Å². The number of nitrogens with one attached hydrogen (secondary N) is 1. The number of hydrogen-bond donors (Lipinski definition) is 3. The fraction of sp³-hybridized carbons (Fsp3) is 0.417. The summed E-state index contributed by atoms with van der Waals surface area (Å²) in [6, 6.07) is 6.37. The normalized spacial score (nSPS) is 20.8. The molecule has 1 aromatic carbocycles. The largest absolute Gasteiger partial charge is 0.491 e. The highest BCUT2D eigenvalue weighted by atomic mass is 32.2. The van der Waals surface area contributed by atoms with Crippen LogP contribution in [0.1, 0.15) is 18.4 Å². The first-order valence-electron chi connectivity index (χ1n) is 11.9. The number of ether oxygens (including phenoxy) is 1. The van der Waals surface area contributed by atoms with Crippen LogP contribution in [0.2, 0.25) is 0 Å². The molecule has 2 aliphatic rings. The van der Waals surface area contributed by atoms with Crippen LogP contribution >= 0.6 is 0 Å². The van der Waals surface area contributed by atoms with E-state index in [1.165, 1.54) is 22.2 Å². The maximum atomic E-state index is 13.0. The number of nitrogens with zero attached hydrogens (tertiary/aromatic N) is 4. The molecule has 14 heteroatoms. The van der Waals surface area contributed by atoms with E-state index in [9.17, 15) is 27.9 Å². The van der Waals surface area contributed by atoms with Gasteiger partial charge in [0.05, 0.1) is 35.4 Å². The van der Waals surface area contributed by atoms with Crippen LogP contribution in [-0.4, -0.2) is 101 Å². The Morgan fingerprint density at radius 1 is 1.13 bits per heavy atom. The monoisotopic (exact) mass is 544 g/mol. The molecule has 0 radical (unpaired) electrons. The number of nitrogen functional groups attached to an aromatic ring is 1. The molecule has 1 aromatic heterocycles. The third-order valence-electron chi connectivity index (χ3n) is 6.57. The lowest BCUT2D eigenvalue weighted by molar-refractivity contribution is -0.144. The minimum absolute atomic E-state index is 0.0483. The van der Waals surface area contributed by atoms with Gasteiger partial charge in [0.25, 0.3) is 0 Å². The van der Waals surface area contributed by atoms with Gasteiger partial charge in [-0.25, -0.2) is 18.4 Å². The first kappa shape index (κ1) is 27.0. The minimum Gasteiger partial charge on any atom is -0.491 e. The van der Waals surface area contributed by atoms with E-state index in [-0.39, 0.29) is 62.3 Å². The zero-order chi connectivity index (χ0) is 27.4. The van der Waals surface area contributed by atoms with E-state index in [1.807, 2.05) is 0 Å².